The molecule has 3 aromatic rings. The normalized spacial score (nSPS) is 20.3. The third-order valence-electron chi connectivity index (χ3n) is 6.11. The maximum absolute atomic E-state index is 13.3. The highest BCUT2D eigenvalue weighted by atomic mass is 16.2. The van der Waals surface area contributed by atoms with Gasteiger partial charge in [-0.15, -0.1) is 0 Å². The topological polar surface area (TPSA) is 69.7 Å². The van der Waals surface area contributed by atoms with Gasteiger partial charge in [0.1, 0.15) is 12.2 Å². The average Bonchev–Trinajstić information content (AvgIpc) is 3.07. The van der Waals surface area contributed by atoms with Crippen LogP contribution in [0.5, 0.6) is 0 Å². The number of nitrogens with zero attached hydrogens (tertiary/aromatic N) is 2. The first-order chi connectivity index (χ1) is 14.5. The van der Waals surface area contributed by atoms with Gasteiger partial charge in [-0.1, -0.05) is 48.5 Å². The summed E-state index contributed by atoms with van der Waals surface area (Å²) in [6, 6.07) is 20.6. The van der Waals surface area contributed by atoms with Gasteiger partial charge in [-0.05, 0) is 36.9 Å². The Bertz CT molecular complexity index is 1200. The van der Waals surface area contributed by atoms with Gasteiger partial charge in [0.05, 0.1) is 11.3 Å². The molecule has 3 aromatic carbocycles. The van der Waals surface area contributed by atoms with Crippen molar-refractivity contribution < 1.29 is 14.4 Å². The minimum atomic E-state index is -0.849. The van der Waals surface area contributed by atoms with Gasteiger partial charge in [0.2, 0.25) is 11.8 Å². The van der Waals surface area contributed by atoms with Crippen LogP contribution in [0.2, 0.25) is 0 Å². The second-order valence-corrected chi connectivity index (χ2v) is 7.93. The molecule has 5 rings (SSSR count). The Kier molecular flexibility index (Phi) is 4.10. The van der Waals surface area contributed by atoms with Crippen LogP contribution in [0.1, 0.15) is 30.1 Å². The molecule has 1 unspecified atom stereocenters. The molecule has 0 radical (unpaired) electrons. The van der Waals surface area contributed by atoms with Crippen LogP contribution in [0.15, 0.2) is 66.7 Å². The fraction of sp³-hybridized carbons (Fsp3) is 0.208. The molecule has 1 N–H and O–H groups in total. The van der Waals surface area contributed by atoms with Crippen molar-refractivity contribution >= 4 is 39.9 Å². The summed E-state index contributed by atoms with van der Waals surface area (Å²) in [5.74, 6) is -0.552. The molecule has 30 heavy (non-hydrogen) atoms. The molecule has 0 saturated carbocycles. The number of para-hydroxylation sites is 1. The third-order valence-corrected chi connectivity index (χ3v) is 6.11. The smallest absolute Gasteiger partial charge is 0.258 e. The molecule has 2 aliphatic rings. The van der Waals surface area contributed by atoms with E-state index in [2.05, 4.69) is 5.32 Å². The number of rotatable bonds is 3. The lowest BCUT2D eigenvalue weighted by molar-refractivity contribution is -0.120. The standard InChI is InChI=1S/C24H21N3O3/c1-24-14-13-22(29)27(24)20-12-5-4-10-18(20)23(30)26(24)15-21(28)25-19-11-6-8-16-7-2-3-9-17(16)19/h2-12H,13-15H2,1H3,(H,25,28). The number of anilines is 2. The maximum atomic E-state index is 13.3. The summed E-state index contributed by atoms with van der Waals surface area (Å²) in [6.45, 7) is 1.73. The summed E-state index contributed by atoms with van der Waals surface area (Å²) >= 11 is 0. The second kappa shape index (κ2) is 6.69. The Balaban J connectivity index is 1.47. The fourth-order valence-corrected chi connectivity index (χ4v) is 4.61. The molecule has 0 bridgehead atoms. The van der Waals surface area contributed by atoms with E-state index in [9.17, 15) is 14.4 Å². The largest absolute Gasteiger partial charge is 0.324 e. The van der Waals surface area contributed by atoms with E-state index in [-0.39, 0.29) is 24.3 Å². The van der Waals surface area contributed by atoms with Gasteiger partial charge in [0.15, 0.2) is 0 Å². The van der Waals surface area contributed by atoms with Crippen LogP contribution in [-0.2, 0) is 9.59 Å². The van der Waals surface area contributed by atoms with Gasteiger partial charge < -0.3 is 10.2 Å². The number of benzene rings is 3. The lowest BCUT2D eigenvalue weighted by Gasteiger charge is -2.48. The van der Waals surface area contributed by atoms with Crippen molar-refractivity contribution in [3.05, 3.63) is 72.3 Å². The predicted molar refractivity (Wildman–Crippen MR) is 115 cm³/mol. The summed E-state index contributed by atoms with van der Waals surface area (Å²) in [6.07, 6.45) is 0.840. The zero-order valence-electron chi connectivity index (χ0n) is 16.6. The molecule has 6 nitrogen and oxygen atoms in total. The van der Waals surface area contributed by atoms with Gasteiger partial charge in [-0.3, -0.25) is 19.3 Å². The minimum absolute atomic E-state index is 0.0306. The zero-order chi connectivity index (χ0) is 20.9. The average molecular weight is 399 g/mol. The zero-order valence-corrected chi connectivity index (χ0v) is 16.6. The lowest BCUT2D eigenvalue weighted by atomic mass is 9.98. The second-order valence-electron chi connectivity index (χ2n) is 7.93. The van der Waals surface area contributed by atoms with Crippen LogP contribution in [0.4, 0.5) is 11.4 Å². The Labute approximate surface area is 174 Å². The van der Waals surface area contributed by atoms with Crippen molar-refractivity contribution in [3.8, 4) is 0 Å². The van der Waals surface area contributed by atoms with Crippen LogP contribution in [0.3, 0.4) is 0 Å². The van der Waals surface area contributed by atoms with Gasteiger partial charge in [0, 0.05) is 17.5 Å². The molecule has 150 valence electrons. The highest BCUT2D eigenvalue weighted by Gasteiger charge is 2.53. The summed E-state index contributed by atoms with van der Waals surface area (Å²) in [5, 5.41) is 4.91. The Morgan fingerprint density at radius 1 is 1.00 bits per heavy atom. The molecule has 2 heterocycles. The quantitative estimate of drug-likeness (QED) is 0.729. The first-order valence-corrected chi connectivity index (χ1v) is 10.0. The lowest BCUT2D eigenvalue weighted by Crippen LogP contribution is -2.63. The predicted octanol–water partition coefficient (Wildman–Crippen LogP) is 3.78. The number of fused-ring (bicyclic) bond motifs is 4. The summed E-state index contributed by atoms with van der Waals surface area (Å²) in [5.41, 5.74) is 0.924. The van der Waals surface area contributed by atoms with E-state index in [0.717, 1.165) is 10.8 Å². The van der Waals surface area contributed by atoms with Crippen molar-refractivity contribution in [2.24, 2.45) is 0 Å². The van der Waals surface area contributed by atoms with Gasteiger partial charge in [0.25, 0.3) is 5.91 Å². The highest BCUT2D eigenvalue weighted by molar-refractivity contribution is 6.12. The molecule has 1 fully saturated rings. The first-order valence-electron chi connectivity index (χ1n) is 10.0. The number of nitrogens with one attached hydrogen (secondary N) is 1. The van der Waals surface area contributed by atoms with Crippen LogP contribution in [-0.4, -0.2) is 34.8 Å². The molecule has 1 saturated heterocycles. The van der Waals surface area contributed by atoms with Crippen molar-refractivity contribution in [2.45, 2.75) is 25.4 Å². The van der Waals surface area contributed by atoms with E-state index >= 15 is 0 Å². The third kappa shape index (κ3) is 2.68. The van der Waals surface area contributed by atoms with Gasteiger partial charge >= 0.3 is 0 Å². The van der Waals surface area contributed by atoms with E-state index < -0.39 is 5.66 Å². The maximum Gasteiger partial charge on any atom is 0.258 e. The molecule has 0 spiro atoms. The van der Waals surface area contributed by atoms with E-state index in [1.54, 1.807) is 23.1 Å². The summed E-state index contributed by atoms with van der Waals surface area (Å²) < 4.78 is 0. The summed E-state index contributed by atoms with van der Waals surface area (Å²) in [4.78, 5) is 42.1. The first kappa shape index (κ1) is 18.4. The van der Waals surface area contributed by atoms with Crippen LogP contribution >= 0.6 is 0 Å². The monoisotopic (exact) mass is 399 g/mol. The fourth-order valence-electron chi connectivity index (χ4n) is 4.61. The van der Waals surface area contributed by atoms with E-state index in [1.165, 1.54) is 4.90 Å². The van der Waals surface area contributed by atoms with E-state index in [0.29, 0.717) is 29.8 Å². The van der Waals surface area contributed by atoms with Crippen molar-refractivity contribution in [3.63, 3.8) is 0 Å². The molecule has 3 amide bonds. The number of hydrogen-bond donors (Lipinski definition) is 1. The molecule has 6 heteroatoms. The van der Waals surface area contributed by atoms with Crippen LogP contribution in [0, 0.1) is 0 Å². The molecular weight excluding hydrogens is 378 g/mol. The van der Waals surface area contributed by atoms with Crippen molar-refractivity contribution in [2.75, 3.05) is 16.8 Å². The number of carbonyl (C=O) groups excluding carboxylic acids is 3. The Morgan fingerprint density at radius 3 is 2.60 bits per heavy atom. The summed E-state index contributed by atoms with van der Waals surface area (Å²) in [7, 11) is 0. The molecule has 0 aliphatic carbocycles. The molecule has 0 aromatic heterocycles. The molecule has 1 atom stereocenters. The van der Waals surface area contributed by atoms with Gasteiger partial charge in [-0.25, -0.2) is 0 Å². The highest BCUT2D eigenvalue weighted by Crippen LogP contribution is 2.43. The SMILES string of the molecule is CC12CCC(=O)N1c1ccccc1C(=O)N2CC(=O)Nc1cccc2ccccc12. The minimum Gasteiger partial charge on any atom is -0.324 e. The number of carbonyl (C=O) groups is 3. The van der Waals surface area contributed by atoms with Crippen molar-refractivity contribution in [1.29, 1.82) is 0 Å². The Hall–Kier alpha value is -3.67. The van der Waals surface area contributed by atoms with Crippen LogP contribution < -0.4 is 10.2 Å². The Morgan fingerprint density at radius 2 is 1.73 bits per heavy atom. The number of hydrogen-bond acceptors (Lipinski definition) is 3. The van der Waals surface area contributed by atoms with Crippen molar-refractivity contribution in [1.82, 2.24) is 4.90 Å². The van der Waals surface area contributed by atoms with E-state index in [1.807, 2.05) is 55.5 Å². The van der Waals surface area contributed by atoms with E-state index in [4.69, 9.17) is 0 Å². The number of amides is 3. The molecule has 2 aliphatic heterocycles. The molecular formula is C24H21N3O3. The van der Waals surface area contributed by atoms with Gasteiger partial charge in [-0.2, -0.15) is 0 Å². The van der Waals surface area contributed by atoms with Crippen LogP contribution in [0.25, 0.3) is 10.8 Å².